The van der Waals surface area contributed by atoms with Crippen molar-refractivity contribution in [2.75, 3.05) is 5.32 Å². The third-order valence-electron chi connectivity index (χ3n) is 3.35. The van der Waals surface area contributed by atoms with Crippen LogP contribution >= 0.6 is 0 Å². The Hall–Kier alpha value is -2.46. The zero-order valence-corrected chi connectivity index (χ0v) is 15.1. The van der Waals surface area contributed by atoms with E-state index in [1.807, 2.05) is 0 Å². The minimum Gasteiger partial charge on any atom is -0.322 e. The van der Waals surface area contributed by atoms with Crippen LogP contribution in [-0.4, -0.2) is 20.4 Å². The molecule has 0 aliphatic carbocycles. The molecule has 2 aromatic rings. The van der Waals surface area contributed by atoms with E-state index < -0.39 is 33.5 Å². The molecule has 146 valence electrons. The first-order valence-corrected chi connectivity index (χ1v) is 9.19. The average molecular weight is 404 g/mol. The molecule has 0 atom stereocenters. The summed E-state index contributed by atoms with van der Waals surface area (Å²) in [6.45, 7) is 3.30. The number of benzene rings is 2. The second kappa shape index (κ2) is 7.65. The van der Waals surface area contributed by atoms with Crippen LogP contribution in [0.3, 0.4) is 0 Å². The van der Waals surface area contributed by atoms with E-state index in [1.165, 1.54) is 24.3 Å². The predicted molar refractivity (Wildman–Crippen MR) is 91.3 cm³/mol. The molecule has 27 heavy (non-hydrogen) atoms. The first kappa shape index (κ1) is 20.8. The molecule has 5 nitrogen and oxygen atoms in total. The van der Waals surface area contributed by atoms with Crippen molar-refractivity contribution in [1.29, 1.82) is 0 Å². The van der Waals surface area contributed by atoms with Crippen molar-refractivity contribution in [2.24, 2.45) is 0 Å². The number of alkyl halides is 3. The van der Waals surface area contributed by atoms with Crippen LogP contribution in [0, 0.1) is 5.82 Å². The maximum Gasteiger partial charge on any atom is 0.419 e. The van der Waals surface area contributed by atoms with E-state index in [4.69, 9.17) is 0 Å². The molecule has 1 amide bonds. The molecule has 2 rings (SSSR count). The van der Waals surface area contributed by atoms with Gasteiger partial charge in [0.25, 0.3) is 5.91 Å². The first-order valence-electron chi connectivity index (χ1n) is 7.70. The molecule has 2 N–H and O–H groups in total. The number of halogens is 4. The third kappa shape index (κ3) is 5.27. The maximum atomic E-state index is 13.3. The molecule has 0 bridgehead atoms. The summed E-state index contributed by atoms with van der Waals surface area (Å²) < 4.78 is 77.9. The van der Waals surface area contributed by atoms with Gasteiger partial charge in [-0.05, 0) is 56.3 Å². The summed E-state index contributed by atoms with van der Waals surface area (Å²) in [7, 11) is -3.74. The minimum atomic E-state index is -4.90. The Balaban J connectivity index is 2.20. The van der Waals surface area contributed by atoms with Crippen LogP contribution in [0.4, 0.5) is 23.2 Å². The van der Waals surface area contributed by atoms with Gasteiger partial charge in [0.15, 0.2) is 0 Å². The van der Waals surface area contributed by atoms with Crippen LogP contribution in [-0.2, 0) is 16.2 Å². The molecule has 0 saturated heterocycles. The van der Waals surface area contributed by atoms with E-state index in [0.29, 0.717) is 12.1 Å². The highest BCUT2D eigenvalue weighted by Crippen LogP contribution is 2.33. The summed E-state index contributed by atoms with van der Waals surface area (Å²) in [6.07, 6.45) is -4.90. The van der Waals surface area contributed by atoms with Crippen LogP contribution < -0.4 is 10.0 Å². The van der Waals surface area contributed by atoms with Crippen molar-refractivity contribution >= 4 is 21.6 Å². The molecule has 10 heteroatoms. The second-order valence-corrected chi connectivity index (χ2v) is 7.66. The highest BCUT2D eigenvalue weighted by atomic mass is 32.2. The topological polar surface area (TPSA) is 75.3 Å². The zero-order chi connectivity index (χ0) is 20.4. The van der Waals surface area contributed by atoms with Crippen molar-refractivity contribution in [3.05, 3.63) is 59.4 Å². The maximum absolute atomic E-state index is 13.3. The largest absolute Gasteiger partial charge is 0.419 e. The number of rotatable bonds is 5. The van der Waals surface area contributed by atoms with Crippen molar-refractivity contribution < 1.29 is 30.8 Å². The number of anilines is 1. The molecular weight excluding hydrogens is 388 g/mol. The molecule has 0 saturated carbocycles. The Bertz CT molecular complexity index is 940. The lowest BCUT2D eigenvalue weighted by Crippen LogP contribution is -2.30. The van der Waals surface area contributed by atoms with Crippen LogP contribution in [0.5, 0.6) is 0 Å². The fraction of sp³-hybridized carbons (Fsp3) is 0.235. The second-order valence-electron chi connectivity index (χ2n) is 5.95. The van der Waals surface area contributed by atoms with Gasteiger partial charge in [0.05, 0.1) is 10.5 Å². The van der Waals surface area contributed by atoms with Gasteiger partial charge in [-0.1, -0.05) is 0 Å². The summed E-state index contributed by atoms with van der Waals surface area (Å²) in [5.41, 5.74) is -1.72. The molecule has 0 aliphatic rings. The molecule has 0 fully saturated rings. The number of nitrogens with one attached hydrogen (secondary N) is 2. The first-order chi connectivity index (χ1) is 12.4. The number of hydrogen-bond donors (Lipinski definition) is 2. The van der Waals surface area contributed by atoms with Gasteiger partial charge in [0, 0.05) is 17.3 Å². The van der Waals surface area contributed by atoms with E-state index in [0.717, 1.165) is 6.07 Å². The number of hydrogen-bond acceptors (Lipinski definition) is 3. The standard InChI is InChI=1S/C17H16F4N2O3S/c1-10(2)23-27(25,26)13-6-3-11(4-7-13)16(24)22-12-5-8-15(18)14(9-12)17(19,20)21/h3-10,23H,1-2H3,(H,22,24). The van der Waals surface area contributed by atoms with Crippen molar-refractivity contribution in [2.45, 2.75) is 31.0 Å². The van der Waals surface area contributed by atoms with Crippen LogP contribution in [0.2, 0.25) is 0 Å². The molecule has 0 spiro atoms. The van der Waals surface area contributed by atoms with Gasteiger partial charge in [0.1, 0.15) is 5.82 Å². The Morgan fingerprint density at radius 2 is 1.63 bits per heavy atom. The zero-order valence-electron chi connectivity index (χ0n) is 14.3. The number of carbonyl (C=O) groups is 1. The Morgan fingerprint density at radius 1 is 1.04 bits per heavy atom. The van der Waals surface area contributed by atoms with Crippen molar-refractivity contribution in [3.8, 4) is 0 Å². The summed E-state index contributed by atoms with van der Waals surface area (Å²) >= 11 is 0. The third-order valence-corrected chi connectivity index (χ3v) is 5.02. The molecule has 2 aromatic carbocycles. The van der Waals surface area contributed by atoms with Crippen LogP contribution in [0.1, 0.15) is 29.8 Å². The Morgan fingerprint density at radius 3 is 2.15 bits per heavy atom. The Labute approximate surface area is 153 Å². The van der Waals surface area contributed by atoms with Gasteiger partial charge in [-0.25, -0.2) is 17.5 Å². The predicted octanol–water partition coefficient (Wildman–Crippen LogP) is 3.78. The van der Waals surface area contributed by atoms with Gasteiger partial charge in [-0.2, -0.15) is 13.2 Å². The fourth-order valence-electron chi connectivity index (χ4n) is 2.19. The highest BCUT2D eigenvalue weighted by molar-refractivity contribution is 7.89. The molecule has 0 aliphatic heterocycles. The summed E-state index contributed by atoms with van der Waals surface area (Å²) in [5.74, 6) is -2.22. The molecular formula is C17H16F4N2O3S. The lowest BCUT2D eigenvalue weighted by atomic mass is 10.1. The normalized spacial score (nSPS) is 12.3. The number of carbonyl (C=O) groups excluding carboxylic acids is 1. The van der Waals surface area contributed by atoms with E-state index in [2.05, 4.69) is 10.0 Å². The Kier molecular flexibility index (Phi) is 5.91. The SMILES string of the molecule is CC(C)NS(=O)(=O)c1ccc(C(=O)Nc2ccc(F)c(C(F)(F)F)c2)cc1. The number of amides is 1. The lowest BCUT2D eigenvalue weighted by Gasteiger charge is -2.12. The van der Waals surface area contributed by atoms with E-state index >= 15 is 0 Å². The molecule has 0 aromatic heterocycles. The molecule has 0 heterocycles. The molecule has 0 radical (unpaired) electrons. The van der Waals surface area contributed by atoms with Crippen LogP contribution in [0.15, 0.2) is 47.4 Å². The van der Waals surface area contributed by atoms with Crippen LogP contribution in [0.25, 0.3) is 0 Å². The lowest BCUT2D eigenvalue weighted by molar-refractivity contribution is -0.139. The average Bonchev–Trinajstić information content (AvgIpc) is 2.54. The van der Waals surface area contributed by atoms with E-state index in [9.17, 15) is 30.8 Å². The smallest absolute Gasteiger partial charge is 0.322 e. The van der Waals surface area contributed by atoms with Gasteiger partial charge < -0.3 is 5.32 Å². The van der Waals surface area contributed by atoms with E-state index in [-0.39, 0.29) is 22.2 Å². The van der Waals surface area contributed by atoms with Gasteiger partial charge >= 0.3 is 6.18 Å². The number of sulfonamides is 1. The summed E-state index contributed by atoms with van der Waals surface area (Å²) in [4.78, 5) is 12.1. The monoisotopic (exact) mass is 404 g/mol. The van der Waals surface area contributed by atoms with Crippen molar-refractivity contribution in [1.82, 2.24) is 4.72 Å². The van der Waals surface area contributed by atoms with E-state index in [1.54, 1.807) is 13.8 Å². The van der Waals surface area contributed by atoms with Crippen molar-refractivity contribution in [3.63, 3.8) is 0 Å². The highest BCUT2D eigenvalue weighted by Gasteiger charge is 2.34. The summed E-state index contributed by atoms with van der Waals surface area (Å²) in [5, 5.41) is 2.22. The molecule has 0 unspecified atom stereocenters. The minimum absolute atomic E-state index is 0.0244. The fourth-order valence-corrected chi connectivity index (χ4v) is 3.44. The quantitative estimate of drug-likeness (QED) is 0.745. The summed E-state index contributed by atoms with van der Waals surface area (Å²) in [6, 6.07) is 6.60. The van der Waals surface area contributed by atoms with Gasteiger partial charge in [-0.3, -0.25) is 4.79 Å². The van der Waals surface area contributed by atoms with Gasteiger partial charge in [0.2, 0.25) is 10.0 Å². The van der Waals surface area contributed by atoms with Gasteiger partial charge in [-0.15, -0.1) is 0 Å².